The van der Waals surface area contributed by atoms with Gasteiger partial charge in [0.2, 0.25) is 17.8 Å². The van der Waals surface area contributed by atoms with Crippen LogP contribution in [-0.4, -0.2) is 61.4 Å². The van der Waals surface area contributed by atoms with E-state index in [2.05, 4.69) is 25.0 Å². The van der Waals surface area contributed by atoms with Crippen molar-refractivity contribution in [2.45, 2.75) is 12.5 Å². The number of carbonyl (C=O) groups excluding carboxylic acids is 1. The third-order valence-electron chi connectivity index (χ3n) is 3.01. The van der Waals surface area contributed by atoms with Gasteiger partial charge in [-0.1, -0.05) is 0 Å². The number of nitrogens with one attached hydrogen (secondary N) is 1. The van der Waals surface area contributed by atoms with Crippen molar-refractivity contribution in [2.24, 2.45) is 0 Å². The van der Waals surface area contributed by atoms with Gasteiger partial charge >= 0.3 is 6.09 Å². The summed E-state index contributed by atoms with van der Waals surface area (Å²) >= 11 is 0. The van der Waals surface area contributed by atoms with E-state index in [-0.39, 0.29) is 12.0 Å². The topological polar surface area (TPSA) is 110 Å². The zero-order chi connectivity index (χ0) is 14.7. The Kier molecular flexibility index (Phi) is 4.06. The summed E-state index contributed by atoms with van der Waals surface area (Å²) in [7, 11) is 5.02. The van der Waals surface area contributed by atoms with Crippen LogP contribution < -0.4 is 20.9 Å². The second-order valence-electron chi connectivity index (χ2n) is 4.76. The monoisotopic (exact) mass is 281 g/mol. The quantitative estimate of drug-likeness (QED) is 0.760. The highest BCUT2D eigenvalue weighted by atomic mass is 16.5. The van der Waals surface area contributed by atoms with Crippen molar-refractivity contribution in [3.63, 3.8) is 0 Å². The maximum Gasteiger partial charge on any atom is 0.407 e. The van der Waals surface area contributed by atoms with E-state index >= 15 is 0 Å². The van der Waals surface area contributed by atoms with E-state index in [9.17, 15) is 4.79 Å². The van der Waals surface area contributed by atoms with E-state index in [1.165, 1.54) is 7.11 Å². The summed E-state index contributed by atoms with van der Waals surface area (Å²) in [6.45, 7) is 1.36. The lowest BCUT2D eigenvalue weighted by atomic mass is 10.3. The number of ether oxygens (including phenoxy) is 1. The van der Waals surface area contributed by atoms with Crippen LogP contribution in [0.2, 0.25) is 0 Å². The molecule has 1 aromatic rings. The van der Waals surface area contributed by atoms with Crippen LogP contribution in [0.4, 0.5) is 22.6 Å². The van der Waals surface area contributed by atoms with Gasteiger partial charge in [-0.15, -0.1) is 0 Å². The minimum absolute atomic E-state index is 0.0169. The molecule has 2 heterocycles. The molecule has 1 amide bonds. The lowest BCUT2D eigenvalue weighted by molar-refractivity contribution is 0.167. The summed E-state index contributed by atoms with van der Waals surface area (Å²) in [5.41, 5.74) is 5.70. The number of carbonyl (C=O) groups is 1. The molecule has 1 atom stereocenters. The van der Waals surface area contributed by atoms with Crippen molar-refractivity contribution in [1.82, 2.24) is 20.3 Å². The Labute approximate surface area is 117 Å². The number of hydrogen-bond acceptors (Lipinski definition) is 8. The van der Waals surface area contributed by atoms with Crippen LogP contribution in [0.1, 0.15) is 6.42 Å². The van der Waals surface area contributed by atoms with Crippen LogP contribution >= 0.6 is 0 Å². The van der Waals surface area contributed by atoms with Gasteiger partial charge in [-0.3, -0.25) is 0 Å². The third kappa shape index (κ3) is 3.16. The Morgan fingerprint density at radius 3 is 2.85 bits per heavy atom. The number of nitrogen functional groups attached to an aromatic ring is 1. The molecule has 1 aromatic heterocycles. The van der Waals surface area contributed by atoms with Crippen LogP contribution in [0.5, 0.6) is 0 Å². The van der Waals surface area contributed by atoms with Crippen molar-refractivity contribution in [3.05, 3.63) is 0 Å². The van der Waals surface area contributed by atoms with Gasteiger partial charge in [-0.25, -0.2) is 4.79 Å². The molecule has 1 saturated heterocycles. The molecule has 9 heteroatoms. The summed E-state index contributed by atoms with van der Waals surface area (Å²) in [6.07, 6.45) is 0.374. The summed E-state index contributed by atoms with van der Waals surface area (Å²) in [4.78, 5) is 27.5. The minimum Gasteiger partial charge on any atom is -0.453 e. The van der Waals surface area contributed by atoms with E-state index in [0.717, 1.165) is 13.0 Å². The first kappa shape index (κ1) is 14.1. The maximum absolute atomic E-state index is 11.2. The van der Waals surface area contributed by atoms with Crippen LogP contribution in [-0.2, 0) is 4.74 Å². The van der Waals surface area contributed by atoms with Crippen LogP contribution in [0, 0.1) is 0 Å². The minimum atomic E-state index is -0.430. The van der Waals surface area contributed by atoms with E-state index < -0.39 is 6.09 Å². The Morgan fingerprint density at radius 1 is 1.45 bits per heavy atom. The number of amides is 1. The van der Waals surface area contributed by atoms with Crippen LogP contribution in [0.3, 0.4) is 0 Å². The average Bonchev–Trinajstić information content (AvgIpc) is 2.86. The summed E-state index contributed by atoms with van der Waals surface area (Å²) in [5.74, 6) is 1.22. The fourth-order valence-electron chi connectivity index (χ4n) is 2.00. The number of anilines is 3. The molecular formula is C11H19N7O2. The van der Waals surface area contributed by atoms with E-state index in [1.807, 2.05) is 19.0 Å². The van der Waals surface area contributed by atoms with Crippen LogP contribution in [0.25, 0.3) is 0 Å². The molecule has 0 aliphatic carbocycles. The highest BCUT2D eigenvalue weighted by molar-refractivity contribution is 5.67. The standard InChI is InChI=1S/C11H19N7O2/c1-17(2)9-14-8(12)15-10(16-9)18-5-4-7(6-18)13-11(19)20-3/h7H,4-6H2,1-3H3,(H,13,19)(H2,12,14,15,16). The SMILES string of the molecule is COC(=O)NC1CCN(c2nc(N)nc(N(C)C)n2)C1. The lowest BCUT2D eigenvalue weighted by Gasteiger charge is -2.18. The van der Waals surface area contributed by atoms with Gasteiger partial charge < -0.3 is 25.6 Å². The van der Waals surface area contributed by atoms with E-state index in [0.29, 0.717) is 18.4 Å². The van der Waals surface area contributed by atoms with Crippen molar-refractivity contribution in [3.8, 4) is 0 Å². The fraction of sp³-hybridized carbons (Fsp3) is 0.636. The summed E-state index contributed by atoms with van der Waals surface area (Å²) in [6, 6.07) is 0.0169. The molecule has 0 spiro atoms. The predicted octanol–water partition coefficient (Wildman–Crippen LogP) is -0.545. The predicted molar refractivity (Wildman–Crippen MR) is 74.7 cm³/mol. The first-order valence-corrected chi connectivity index (χ1v) is 6.28. The summed E-state index contributed by atoms with van der Waals surface area (Å²) in [5, 5.41) is 2.76. The fourth-order valence-corrected chi connectivity index (χ4v) is 2.00. The zero-order valence-corrected chi connectivity index (χ0v) is 11.8. The maximum atomic E-state index is 11.2. The molecule has 20 heavy (non-hydrogen) atoms. The molecule has 0 saturated carbocycles. The Balaban J connectivity index is 2.08. The molecule has 0 bridgehead atoms. The number of alkyl carbamates (subject to hydrolysis) is 1. The number of methoxy groups -OCH3 is 1. The smallest absolute Gasteiger partial charge is 0.407 e. The summed E-state index contributed by atoms with van der Waals surface area (Å²) < 4.78 is 4.59. The van der Waals surface area contributed by atoms with Gasteiger partial charge in [0.25, 0.3) is 0 Å². The Hall–Kier alpha value is -2.32. The number of hydrogen-bond donors (Lipinski definition) is 2. The van der Waals surface area contributed by atoms with Gasteiger partial charge in [0.05, 0.1) is 13.2 Å². The highest BCUT2D eigenvalue weighted by Gasteiger charge is 2.26. The van der Waals surface area contributed by atoms with E-state index in [4.69, 9.17) is 5.73 Å². The number of aromatic nitrogens is 3. The first-order chi connectivity index (χ1) is 9.49. The Morgan fingerprint density at radius 2 is 2.20 bits per heavy atom. The zero-order valence-electron chi connectivity index (χ0n) is 11.8. The molecule has 0 radical (unpaired) electrons. The molecule has 1 unspecified atom stereocenters. The molecule has 2 rings (SSSR count). The van der Waals surface area contributed by atoms with Crippen LogP contribution in [0.15, 0.2) is 0 Å². The highest BCUT2D eigenvalue weighted by Crippen LogP contribution is 2.19. The van der Waals surface area contributed by atoms with Crippen molar-refractivity contribution >= 4 is 23.9 Å². The molecule has 3 N–H and O–H groups in total. The Bertz CT molecular complexity index is 494. The number of rotatable bonds is 3. The number of nitrogens with zero attached hydrogens (tertiary/aromatic N) is 5. The number of nitrogens with two attached hydrogens (primary N) is 1. The molecule has 1 aliphatic heterocycles. The van der Waals surface area contributed by atoms with Gasteiger partial charge in [0, 0.05) is 27.2 Å². The molecule has 1 aliphatic rings. The molecule has 9 nitrogen and oxygen atoms in total. The normalized spacial score (nSPS) is 17.9. The average molecular weight is 281 g/mol. The van der Waals surface area contributed by atoms with Gasteiger partial charge in [0.1, 0.15) is 0 Å². The molecule has 110 valence electrons. The first-order valence-electron chi connectivity index (χ1n) is 6.28. The van der Waals surface area contributed by atoms with Gasteiger partial charge in [0.15, 0.2) is 0 Å². The molecular weight excluding hydrogens is 262 g/mol. The second kappa shape index (κ2) is 5.76. The van der Waals surface area contributed by atoms with E-state index in [1.54, 1.807) is 4.90 Å². The van der Waals surface area contributed by atoms with Gasteiger partial charge in [-0.05, 0) is 6.42 Å². The van der Waals surface area contributed by atoms with Crippen molar-refractivity contribution < 1.29 is 9.53 Å². The molecule has 0 aromatic carbocycles. The second-order valence-corrected chi connectivity index (χ2v) is 4.76. The van der Waals surface area contributed by atoms with Crippen molar-refractivity contribution in [1.29, 1.82) is 0 Å². The third-order valence-corrected chi connectivity index (χ3v) is 3.01. The lowest BCUT2D eigenvalue weighted by Crippen LogP contribution is -2.37. The largest absolute Gasteiger partial charge is 0.453 e. The van der Waals surface area contributed by atoms with Gasteiger partial charge in [-0.2, -0.15) is 15.0 Å². The molecule has 1 fully saturated rings. The van der Waals surface area contributed by atoms with Crippen molar-refractivity contribution in [2.75, 3.05) is 49.8 Å².